The third-order valence-electron chi connectivity index (χ3n) is 0.618. The van der Waals surface area contributed by atoms with Gasteiger partial charge in [0.05, 0.1) is 0 Å². The van der Waals surface area contributed by atoms with Crippen molar-refractivity contribution < 1.29 is 42.1 Å². The molecular formula is C6H4Li2N2OS. The molecule has 0 aliphatic carbocycles. The number of hydrogen-bond donors (Lipinski definition) is 0. The van der Waals surface area contributed by atoms with E-state index in [9.17, 15) is 0 Å². The minimum atomic E-state index is 0. The number of nitrogens with zero attached hydrogens (tertiary/aromatic N) is 2. The van der Waals surface area contributed by atoms with E-state index in [1.165, 1.54) is 23.8 Å². The van der Waals surface area contributed by atoms with Crippen molar-refractivity contribution in [3.05, 3.63) is 35.9 Å². The van der Waals surface area contributed by atoms with Crippen LogP contribution >= 0.6 is 11.3 Å². The van der Waals surface area contributed by atoms with Gasteiger partial charge >= 0.3 is 37.7 Å². The zero-order chi connectivity index (χ0) is 7.07. The molecule has 0 unspecified atom stereocenters. The van der Waals surface area contributed by atoms with Gasteiger partial charge in [-0.2, -0.15) is 0 Å². The Morgan fingerprint density at radius 1 is 1.17 bits per heavy atom. The quantitative estimate of drug-likeness (QED) is 0.292. The average molecular weight is 166 g/mol. The largest absolute Gasteiger partial charge is 1.00 e. The van der Waals surface area contributed by atoms with Gasteiger partial charge in [-0.3, -0.25) is 11.3 Å². The van der Waals surface area contributed by atoms with Crippen molar-refractivity contribution in [1.82, 2.24) is 9.97 Å². The molecule has 0 saturated carbocycles. The molecule has 0 spiro atoms. The van der Waals surface area contributed by atoms with E-state index < -0.39 is 0 Å². The third-order valence-corrected chi connectivity index (χ3v) is 1.09. The van der Waals surface area contributed by atoms with Gasteiger partial charge < -0.3 is 14.4 Å². The molecule has 0 radical (unpaired) electrons. The molecule has 0 aliphatic rings. The molecule has 0 saturated heterocycles. The summed E-state index contributed by atoms with van der Waals surface area (Å²) in [6.07, 6.45) is 6.94. The van der Waals surface area contributed by atoms with Crippen LogP contribution in [-0.4, -0.2) is 9.97 Å². The third kappa shape index (κ3) is 8.13. The second-order valence-corrected chi connectivity index (χ2v) is 1.94. The first kappa shape index (κ1) is 14.6. The van der Waals surface area contributed by atoms with Crippen LogP contribution in [0, 0.1) is 11.9 Å². The van der Waals surface area contributed by atoms with Gasteiger partial charge in [-0.05, 0) is 11.8 Å². The summed E-state index contributed by atoms with van der Waals surface area (Å²) in [5.41, 5.74) is 2.65. The smallest absolute Gasteiger partial charge is 0.581 e. The van der Waals surface area contributed by atoms with Crippen molar-refractivity contribution in [3.63, 3.8) is 0 Å². The normalized spacial score (nSPS) is 6.67. The second-order valence-electron chi connectivity index (χ2n) is 1.25. The minimum absolute atomic E-state index is 0. The number of aromatic nitrogens is 2. The standard InChI is InChI=1S/C3H2NO.C3H2NS.2Li/c2*1-2-5-3-4-1;;/h2*1-2H;;/q2*-1;2*+1. The maximum Gasteiger partial charge on any atom is 1.00 e. The Hall–Kier alpha value is 0.0348. The van der Waals surface area contributed by atoms with Crippen LogP contribution in [0.15, 0.2) is 28.5 Å². The fourth-order valence-electron chi connectivity index (χ4n) is 0.304. The van der Waals surface area contributed by atoms with Gasteiger partial charge in [0, 0.05) is 0 Å². The molecule has 0 aromatic carbocycles. The molecule has 52 valence electrons. The van der Waals surface area contributed by atoms with Crippen LogP contribution in [0.25, 0.3) is 0 Å². The zero-order valence-electron chi connectivity index (χ0n) is 7.02. The Bertz CT molecular complexity index is 163. The van der Waals surface area contributed by atoms with Gasteiger partial charge in [-0.25, -0.2) is 0 Å². The van der Waals surface area contributed by atoms with E-state index in [4.69, 9.17) is 0 Å². The second kappa shape index (κ2) is 11.0. The molecule has 12 heavy (non-hydrogen) atoms. The Morgan fingerprint density at radius 3 is 2.17 bits per heavy atom. The molecule has 0 aliphatic heterocycles. The van der Waals surface area contributed by atoms with Crippen LogP contribution in [0.2, 0.25) is 0 Å². The van der Waals surface area contributed by atoms with E-state index in [1.807, 2.05) is 5.38 Å². The monoisotopic (exact) mass is 166 g/mol. The summed E-state index contributed by atoms with van der Waals surface area (Å²) in [6, 6.07) is 0. The Balaban J connectivity index is 0. The molecule has 2 heterocycles. The van der Waals surface area contributed by atoms with Crippen molar-refractivity contribution >= 4 is 11.3 Å². The molecule has 0 bridgehead atoms. The number of rotatable bonds is 0. The molecule has 3 nitrogen and oxygen atoms in total. The van der Waals surface area contributed by atoms with Crippen molar-refractivity contribution in [2.45, 2.75) is 0 Å². The van der Waals surface area contributed by atoms with Gasteiger partial charge in [-0.15, -0.1) is 11.6 Å². The number of thiazole rings is 1. The summed E-state index contributed by atoms with van der Waals surface area (Å²) in [5.74, 6) is 0. The molecule has 2 rings (SSSR count). The fourth-order valence-corrected chi connectivity index (χ4v) is 0.609. The first-order valence-electron chi connectivity index (χ1n) is 2.51. The van der Waals surface area contributed by atoms with E-state index in [0.29, 0.717) is 0 Å². The van der Waals surface area contributed by atoms with Crippen molar-refractivity contribution in [3.8, 4) is 0 Å². The van der Waals surface area contributed by atoms with Crippen LogP contribution < -0.4 is 37.7 Å². The molecule has 6 heteroatoms. The van der Waals surface area contributed by atoms with Crippen LogP contribution in [0.5, 0.6) is 0 Å². The molecule has 0 atom stereocenters. The first-order chi connectivity index (χ1) is 5.00. The van der Waals surface area contributed by atoms with E-state index in [-0.39, 0.29) is 37.7 Å². The van der Waals surface area contributed by atoms with Crippen LogP contribution in [-0.2, 0) is 0 Å². The van der Waals surface area contributed by atoms with E-state index in [0.717, 1.165) is 0 Å². The topological polar surface area (TPSA) is 38.9 Å². The van der Waals surface area contributed by atoms with E-state index in [2.05, 4.69) is 26.3 Å². The van der Waals surface area contributed by atoms with Crippen molar-refractivity contribution in [1.29, 1.82) is 0 Å². The van der Waals surface area contributed by atoms with Crippen molar-refractivity contribution in [2.75, 3.05) is 0 Å². The SMILES string of the molecule is [Li+].[Li+].[c-]1ncco1.[c-]1nccs1. The van der Waals surface area contributed by atoms with Crippen LogP contribution in [0.3, 0.4) is 0 Å². The minimum Gasteiger partial charge on any atom is -0.581 e. The van der Waals surface area contributed by atoms with E-state index >= 15 is 0 Å². The molecular weight excluding hydrogens is 162 g/mol. The van der Waals surface area contributed by atoms with Gasteiger partial charge in [0.2, 0.25) is 0 Å². The summed E-state index contributed by atoms with van der Waals surface area (Å²) in [7, 11) is 0. The van der Waals surface area contributed by atoms with Gasteiger partial charge in [0.25, 0.3) is 0 Å². The summed E-state index contributed by atoms with van der Waals surface area (Å²) in [6.45, 7) is 0. The zero-order valence-corrected chi connectivity index (χ0v) is 7.84. The maximum atomic E-state index is 4.35. The predicted octanol–water partition coefficient (Wildman–Crippen LogP) is -4.57. The summed E-state index contributed by atoms with van der Waals surface area (Å²) in [4.78, 5) is 7.05. The Kier molecular flexibility index (Phi) is 13.4. The van der Waals surface area contributed by atoms with Gasteiger partial charge in [0.1, 0.15) is 6.39 Å². The summed E-state index contributed by atoms with van der Waals surface area (Å²) < 4.78 is 4.35. The van der Waals surface area contributed by atoms with Gasteiger partial charge in [0.15, 0.2) is 0 Å². The number of oxazole rings is 1. The van der Waals surface area contributed by atoms with Gasteiger partial charge in [-0.1, -0.05) is 6.20 Å². The van der Waals surface area contributed by atoms with Crippen LogP contribution in [0.1, 0.15) is 0 Å². The fraction of sp³-hybridized carbons (Fsp3) is 0. The molecule has 2 aromatic heterocycles. The maximum absolute atomic E-state index is 4.35. The molecule has 0 amide bonds. The van der Waals surface area contributed by atoms with E-state index in [1.54, 1.807) is 6.20 Å². The molecule has 2 aromatic rings. The Morgan fingerprint density at radius 2 is 2.00 bits per heavy atom. The average Bonchev–Trinajstić information content (AvgIpc) is 2.67. The molecule has 0 N–H and O–H groups in total. The summed E-state index contributed by atoms with van der Waals surface area (Å²) >= 11 is 1.48. The number of hydrogen-bond acceptors (Lipinski definition) is 4. The van der Waals surface area contributed by atoms with Crippen LogP contribution in [0.4, 0.5) is 0 Å². The predicted molar refractivity (Wildman–Crippen MR) is 36.3 cm³/mol. The summed E-state index contributed by atoms with van der Waals surface area (Å²) in [5, 5.41) is 1.88. The Labute approximate surface area is 99.0 Å². The van der Waals surface area contributed by atoms with Crippen molar-refractivity contribution in [2.24, 2.45) is 0 Å². The molecule has 0 fully saturated rings. The first-order valence-corrected chi connectivity index (χ1v) is 3.39.